The van der Waals surface area contributed by atoms with E-state index < -0.39 is 11.6 Å². The minimum atomic E-state index is -1.71. The molecular formula is C15H22ClNO4S. The third-order valence-corrected chi connectivity index (χ3v) is 5.55. The maximum absolute atomic E-state index is 12.2. The summed E-state index contributed by atoms with van der Waals surface area (Å²) in [6.07, 6.45) is 2.23. The van der Waals surface area contributed by atoms with Gasteiger partial charge in [-0.3, -0.25) is 0 Å². The van der Waals surface area contributed by atoms with Crippen molar-refractivity contribution in [2.45, 2.75) is 25.0 Å². The van der Waals surface area contributed by atoms with E-state index in [4.69, 9.17) is 9.15 Å². The maximum Gasteiger partial charge on any atom is 0.346 e. The van der Waals surface area contributed by atoms with Gasteiger partial charge in [0.15, 0.2) is 6.10 Å². The van der Waals surface area contributed by atoms with Gasteiger partial charge in [-0.15, -0.1) is 0 Å². The van der Waals surface area contributed by atoms with Gasteiger partial charge in [0.2, 0.25) is 5.60 Å². The SMILES string of the molecule is CC(O)(C(=O)OC1CC[N+]2(CCSCC2)C1)c1ccco1.[Cl-]. The lowest BCUT2D eigenvalue weighted by Crippen LogP contribution is -3.00. The van der Waals surface area contributed by atoms with Gasteiger partial charge in [0.1, 0.15) is 12.3 Å². The van der Waals surface area contributed by atoms with Crippen LogP contribution in [0.3, 0.4) is 0 Å². The summed E-state index contributed by atoms with van der Waals surface area (Å²) in [5.74, 6) is 1.98. The highest BCUT2D eigenvalue weighted by molar-refractivity contribution is 7.99. The Morgan fingerprint density at radius 2 is 2.18 bits per heavy atom. The Morgan fingerprint density at radius 1 is 1.45 bits per heavy atom. The highest BCUT2D eigenvalue weighted by Crippen LogP contribution is 2.29. The fraction of sp³-hybridized carbons (Fsp3) is 0.667. The zero-order valence-corrected chi connectivity index (χ0v) is 14.2. The minimum absolute atomic E-state index is 0. The highest BCUT2D eigenvalue weighted by atomic mass is 35.5. The number of furan rings is 1. The van der Waals surface area contributed by atoms with Gasteiger partial charge < -0.3 is 31.2 Å². The number of quaternary nitrogens is 1. The first-order valence-corrected chi connectivity index (χ1v) is 8.58. The molecule has 2 saturated heterocycles. The van der Waals surface area contributed by atoms with Gasteiger partial charge in [0.25, 0.3) is 0 Å². The molecule has 1 aromatic rings. The van der Waals surface area contributed by atoms with E-state index in [9.17, 15) is 9.90 Å². The molecule has 0 amide bonds. The molecule has 3 heterocycles. The summed E-state index contributed by atoms with van der Waals surface area (Å²) < 4.78 is 11.8. The average molecular weight is 348 g/mol. The van der Waals surface area contributed by atoms with E-state index in [1.54, 1.807) is 12.1 Å². The molecule has 0 bridgehead atoms. The molecule has 2 unspecified atom stereocenters. The first-order chi connectivity index (χ1) is 10.0. The molecule has 2 aliphatic rings. The molecule has 0 aromatic carbocycles. The van der Waals surface area contributed by atoms with Crippen LogP contribution >= 0.6 is 11.8 Å². The number of carbonyl (C=O) groups is 1. The third-order valence-electron chi connectivity index (χ3n) is 4.61. The minimum Gasteiger partial charge on any atom is -1.00 e. The summed E-state index contributed by atoms with van der Waals surface area (Å²) >= 11 is 2.00. The van der Waals surface area contributed by atoms with E-state index in [1.165, 1.54) is 24.7 Å². The number of esters is 1. The van der Waals surface area contributed by atoms with E-state index >= 15 is 0 Å². The number of thioether (sulfide) groups is 1. The fourth-order valence-electron chi connectivity index (χ4n) is 3.19. The molecule has 0 radical (unpaired) electrons. The van der Waals surface area contributed by atoms with Crippen LogP contribution in [0.5, 0.6) is 0 Å². The lowest BCUT2D eigenvalue weighted by Gasteiger charge is -2.37. The molecular weight excluding hydrogens is 326 g/mol. The van der Waals surface area contributed by atoms with Crippen molar-refractivity contribution in [1.82, 2.24) is 0 Å². The van der Waals surface area contributed by atoms with Crippen LogP contribution in [0, 0.1) is 0 Å². The van der Waals surface area contributed by atoms with Crippen molar-refractivity contribution < 1.29 is 35.9 Å². The number of nitrogens with zero attached hydrogens (tertiary/aromatic N) is 1. The van der Waals surface area contributed by atoms with Crippen molar-refractivity contribution in [3.05, 3.63) is 24.2 Å². The van der Waals surface area contributed by atoms with Crippen LogP contribution in [0.1, 0.15) is 19.1 Å². The Labute approximate surface area is 141 Å². The molecule has 2 fully saturated rings. The summed E-state index contributed by atoms with van der Waals surface area (Å²) in [6, 6.07) is 3.24. The Kier molecular flexibility index (Phi) is 5.48. The smallest absolute Gasteiger partial charge is 0.346 e. The Balaban J connectivity index is 0.00000176. The van der Waals surface area contributed by atoms with Crippen molar-refractivity contribution in [1.29, 1.82) is 0 Å². The quantitative estimate of drug-likeness (QED) is 0.525. The van der Waals surface area contributed by atoms with Gasteiger partial charge in [-0.05, 0) is 19.1 Å². The number of ether oxygens (including phenoxy) is 1. The van der Waals surface area contributed by atoms with Crippen LogP contribution in [-0.4, -0.2) is 59.3 Å². The van der Waals surface area contributed by atoms with E-state index in [-0.39, 0.29) is 24.3 Å². The Bertz CT molecular complexity index is 500. The normalized spacial score (nSPS) is 26.2. The number of halogens is 1. The zero-order valence-electron chi connectivity index (χ0n) is 12.7. The standard InChI is InChI=1S/C15H22NO4S.ClH/c1-15(18,13-3-2-8-19-13)14(17)20-12-4-5-16(11-12)6-9-21-10-7-16;/h2-3,8,12,18H,4-7,9-11H2,1H3;1H/q+1;/p-1. The van der Waals surface area contributed by atoms with Crippen molar-refractivity contribution in [2.24, 2.45) is 0 Å². The summed E-state index contributed by atoms with van der Waals surface area (Å²) in [5, 5.41) is 10.3. The predicted octanol–water partition coefficient (Wildman–Crippen LogP) is -1.63. The van der Waals surface area contributed by atoms with Gasteiger partial charge in [-0.2, -0.15) is 11.8 Å². The average Bonchev–Trinajstić information content (AvgIpc) is 3.11. The number of carbonyl (C=O) groups excluding carboxylic acids is 1. The number of hydrogen-bond acceptors (Lipinski definition) is 5. The second kappa shape index (κ2) is 6.83. The Hall–Kier alpha value is -0.690. The first-order valence-electron chi connectivity index (χ1n) is 7.42. The lowest BCUT2D eigenvalue weighted by atomic mass is 10.0. The predicted molar refractivity (Wildman–Crippen MR) is 79.8 cm³/mol. The molecule has 124 valence electrons. The van der Waals surface area contributed by atoms with Gasteiger partial charge >= 0.3 is 5.97 Å². The Morgan fingerprint density at radius 3 is 2.82 bits per heavy atom. The second-order valence-electron chi connectivity index (χ2n) is 6.17. The largest absolute Gasteiger partial charge is 1.00 e. The third kappa shape index (κ3) is 3.45. The fourth-order valence-corrected chi connectivity index (χ4v) is 4.42. The van der Waals surface area contributed by atoms with E-state index in [0.29, 0.717) is 0 Å². The molecule has 5 nitrogen and oxygen atoms in total. The van der Waals surface area contributed by atoms with Crippen molar-refractivity contribution >= 4 is 17.7 Å². The number of aliphatic hydroxyl groups is 1. The molecule has 2 aliphatic heterocycles. The van der Waals surface area contributed by atoms with Crippen molar-refractivity contribution in [3.8, 4) is 0 Å². The van der Waals surface area contributed by atoms with E-state index in [2.05, 4.69) is 0 Å². The molecule has 1 N–H and O–H groups in total. The molecule has 0 saturated carbocycles. The van der Waals surface area contributed by atoms with Crippen LogP contribution in [0.15, 0.2) is 22.8 Å². The van der Waals surface area contributed by atoms with Crippen LogP contribution < -0.4 is 12.4 Å². The zero-order chi connectivity index (χ0) is 14.9. The summed E-state index contributed by atoms with van der Waals surface area (Å²) in [4.78, 5) is 12.2. The molecule has 7 heteroatoms. The topological polar surface area (TPSA) is 59.7 Å². The molecule has 22 heavy (non-hydrogen) atoms. The van der Waals surface area contributed by atoms with Crippen LogP contribution in [-0.2, 0) is 15.1 Å². The van der Waals surface area contributed by atoms with E-state index in [1.807, 2.05) is 11.8 Å². The molecule has 1 spiro atoms. The highest BCUT2D eigenvalue weighted by Gasteiger charge is 2.44. The lowest BCUT2D eigenvalue weighted by molar-refractivity contribution is -0.914. The maximum atomic E-state index is 12.2. The molecule has 2 atom stereocenters. The summed E-state index contributed by atoms with van der Waals surface area (Å²) in [6.45, 7) is 5.69. The summed E-state index contributed by atoms with van der Waals surface area (Å²) in [5.41, 5.74) is -1.71. The first kappa shape index (κ1) is 17.7. The molecule has 3 rings (SSSR count). The van der Waals surface area contributed by atoms with Crippen LogP contribution in [0.2, 0.25) is 0 Å². The number of rotatable bonds is 3. The second-order valence-corrected chi connectivity index (χ2v) is 7.40. The van der Waals surface area contributed by atoms with Gasteiger partial charge in [0, 0.05) is 17.9 Å². The van der Waals surface area contributed by atoms with Crippen molar-refractivity contribution in [2.75, 3.05) is 37.7 Å². The number of hydrogen-bond donors (Lipinski definition) is 1. The van der Waals surface area contributed by atoms with Crippen LogP contribution in [0.4, 0.5) is 0 Å². The molecule has 0 aliphatic carbocycles. The summed E-state index contributed by atoms with van der Waals surface area (Å²) in [7, 11) is 0. The van der Waals surface area contributed by atoms with Gasteiger partial charge in [-0.1, -0.05) is 0 Å². The van der Waals surface area contributed by atoms with Gasteiger partial charge in [0.05, 0.1) is 25.9 Å². The van der Waals surface area contributed by atoms with Crippen molar-refractivity contribution in [3.63, 3.8) is 0 Å². The monoisotopic (exact) mass is 347 g/mol. The van der Waals surface area contributed by atoms with E-state index in [0.717, 1.165) is 37.1 Å². The molecule has 1 aromatic heterocycles. The van der Waals surface area contributed by atoms with Gasteiger partial charge in [-0.25, -0.2) is 4.79 Å². The van der Waals surface area contributed by atoms with Crippen LogP contribution in [0.25, 0.3) is 0 Å².